The molecule has 0 fully saturated rings. The number of nitriles is 1. The maximum Gasteiger partial charge on any atom is 0.145 e. The second-order valence-corrected chi connectivity index (χ2v) is 5.04. The van der Waals surface area contributed by atoms with Crippen LogP contribution in [0.25, 0.3) is 0 Å². The van der Waals surface area contributed by atoms with Crippen LogP contribution in [0.15, 0.2) is 46.9 Å². The molecule has 2 aromatic rings. The molecule has 96 valence electrons. The van der Waals surface area contributed by atoms with Crippen molar-refractivity contribution >= 4 is 15.9 Å². The molecule has 19 heavy (non-hydrogen) atoms. The molecule has 1 unspecified atom stereocenters. The van der Waals surface area contributed by atoms with Crippen molar-refractivity contribution in [3.8, 4) is 17.6 Å². The first-order valence-corrected chi connectivity index (χ1v) is 6.63. The van der Waals surface area contributed by atoms with Crippen LogP contribution in [0.2, 0.25) is 0 Å². The lowest BCUT2D eigenvalue weighted by Crippen LogP contribution is -2.05. The normalized spacial score (nSPS) is 11.7. The molecular weight excluding hydrogens is 304 g/mol. The number of rotatable bonds is 3. The van der Waals surface area contributed by atoms with Crippen molar-refractivity contribution in [3.05, 3.63) is 58.1 Å². The predicted molar refractivity (Wildman–Crippen MR) is 78.0 cm³/mol. The fraction of sp³-hybridized carbons (Fsp3) is 0.133. The lowest BCUT2D eigenvalue weighted by molar-refractivity contribution is 0.480. The topological polar surface area (TPSA) is 59.0 Å². The summed E-state index contributed by atoms with van der Waals surface area (Å²) in [5.74, 6) is 1.21. The molecule has 0 saturated carbocycles. The van der Waals surface area contributed by atoms with Crippen molar-refractivity contribution in [1.82, 2.24) is 0 Å². The van der Waals surface area contributed by atoms with Gasteiger partial charge in [-0.1, -0.05) is 34.1 Å². The largest absolute Gasteiger partial charge is 0.456 e. The molecule has 1 atom stereocenters. The van der Waals surface area contributed by atoms with Crippen LogP contribution in [0, 0.1) is 11.3 Å². The molecule has 0 heterocycles. The van der Waals surface area contributed by atoms with E-state index in [1.807, 2.05) is 31.2 Å². The van der Waals surface area contributed by atoms with Gasteiger partial charge in [-0.25, -0.2) is 0 Å². The first-order chi connectivity index (χ1) is 9.11. The van der Waals surface area contributed by atoms with Gasteiger partial charge in [0.1, 0.15) is 17.6 Å². The third-order valence-corrected chi connectivity index (χ3v) is 3.38. The number of benzene rings is 2. The molecule has 2 rings (SSSR count). The zero-order valence-corrected chi connectivity index (χ0v) is 12.0. The minimum absolute atomic E-state index is 0.0465. The number of nitrogens with two attached hydrogens (primary N) is 1. The molecule has 0 aliphatic carbocycles. The van der Waals surface area contributed by atoms with Crippen LogP contribution in [-0.2, 0) is 0 Å². The second-order valence-electron chi connectivity index (χ2n) is 4.18. The molecule has 4 heteroatoms. The van der Waals surface area contributed by atoms with Crippen LogP contribution in [0.3, 0.4) is 0 Å². The molecule has 0 radical (unpaired) electrons. The van der Waals surface area contributed by atoms with Gasteiger partial charge in [0.25, 0.3) is 0 Å². The predicted octanol–water partition coefficient (Wildman–Crippen LogP) is 4.13. The monoisotopic (exact) mass is 316 g/mol. The lowest BCUT2D eigenvalue weighted by Gasteiger charge is -2.11. The Bertz CT molecular complexity index is 632. The molecule has 0 aliphatic heterocycles. The molecule has 2 aromatic carbocycles. The first-order valence-electron chi connectivity index (χ1n) is 5.84. The van der Waals surface area contributed by atoms with Crippen LogP contribution >= 0.6 is 15.9 Å². The zero-order chi connectivity index (χ0) is 13.8. The number of ether oxygens (including phenoxy) is 1. The minimum Gasteiger partial charge on any atom is -0.456 e. The molecule has 2 N–H and O–H groups in total. The van der Waals surface area contributed by atoms with Gasteiger partial charge >= 0.3 is 0 Å². The van der Waals surface area contributed by atoms with E-state index in [1.165, 1.54) is 0 Å². The molecular formula is C15H13BrN2O. The van der Waals surface area contributed by atoms with Gasteiger partial charge in [0.2, 0.25) is 0 Å². The first kappa shape index (κ1) is 13.6. The second kappa shape index (κ2) is 5.87. The van der Waals surface area contributed by atoms with Crippen molar-refractivity contribution in [2.24, 2.45) is 5.73 Å². The van der Waals surface area contributed by atoms with Crippen molar-refractivity contribution in [3.63, 3.8) is 0 Å². The van der Waals surface area contributed by atoms with Gasteiger partial charge in [0, 0.05) is 10.5 Å². The van der Waals surface area contributed by atoms with Gasteiger partial charge < -0.3 is 10.5 Å². The summed E-state index contributed by atoms with van der Waals surface area (Å²) < 4.78 is 6.62. The Balaban J connectivity index is 2.30. The summed E-state index contributed by atoms with van der Waals surface area (Å²) in [6.07, 6.45) is 0. The summed E-state index contributed by atoms with van der Waals surface area (Å²) in [6, 6.07) is 14.8. The smallest absolute Gasteiger partial charge is 0.145 e. The van der Waals surface area contributed by atoms with E-state index < -0.39 is 0 Å². The number of halogens is 1. The van der Waals surface area contributed by atoms with Crippen LogP contribution in [-0.4, -0.2) is 0 Å². The van der Waals surface area contributed by atoms with E-state index in [2.05, 4.69) is 22.0 Å². The molecule has 0 aliphatic rings. The maximum absolute atomic E-state index is 9.01. The van der Waals surface area contributed by atoms with E-state index in [1.54, 1.807) is 18.2 Å². The SMILES string of the molecule is CC(N)c1ccc(Oc2ccccc2C#N)cc1Br. The fourth-order valence-electron chi connectivity index (χ4n) is 1.72. The van der Waals surface area contributed by atoms with Crippen molar-refractivity contribution < 1.29 is 4.74 Å². The van der Waals surface area contributed by atoms with Gasteiger partial charge in [-0.3, -0.25) is 0 Å². The summed E-state index contributed by atoms with van der Waals surface area (Å²) in [6.45, 7) is 1.92. The van der Waals surface area contributed by atoms with Crippen LogP contribution in [0.5, 0.6) is 11.5 Å². The van der Waals surface area contributed by atoms with Crippen molar-refractivity contribution in [1.29, 1.82) is 5.26 Å². The van der Waals surface area contributed by atoms with Gasteiger partial charge in [-0.05, 0) is 36.8 Å². The summed E-state index contributed by atoms with van der Waals surface area (Å²) >= 11 is 3.47. The average Bonchev–Trinajstić information content (AvgIpc) is 2.39. The van der Waals surface area contributed by atoms with Crippen molar-refractivity contribution in [2.75, 3.05) is 0 Å². The van der Waals surface area contributed by atoms with Crippen LogP contribution in [0.1, 0.15) is 24.1 Å². The van der Waals surface area contributed by atoms with E-state index in [0.717, 1.165) is 10.0 Å². The number of nitrogens with zero attached hydrogens (tertiary/aromatic N) is 1. The van der Waals surface area contributed by atoms with Gasteiger partial charge in [0.15, 0.2) is 0 Å². The number of hydrogen-bond acceptors (Lipinski definition) is 3. The molecule has 0 aromatic heterocycles. The third kappa shape index (κ3) is 3.14. The van der Waals surface area contributed by atoms with E-state index in [0.29, 0.717) is 17.1 Å². The Hall–Kier alpha value is -1.83. The minimum atomic E-state index is -0.0465. The summed E-state index contributed by atoms with van der Waals surface area (Å²) in [5.41, 5.74) is 7.37. The number of hydrogen-bond donors (Lipinski definition) is 1. The summed E-state index contributed by atoms with van der Waals surface area (Å²) in [5, 5.41) is 9.01. The van der Waals surface area contributed by atoms with E-state index in [-0.39, 0.29) is 6.04 Å². The molecule has 0 saturated heterocycles. The highest BCUT2D eigenvalue weighted by Crippen LogP contribution is 2.30. The zero-order valence-electron chi connectivity index (χ0n) is 10.4. The van der Waals surface area contributed by atoms with E-state index in [9.17, 15) is 0 Å². The highest BCUT2D eigenvalue weighted by Gasteiger charge is 2.08. The highest BCUT2D eigenvalue weighted by molar-refractivity contribution is 9.10. The molecule has 0 bridgehead atoms. The van der Waals surface area contributed by atoms with Crippen LogP contribution in [0.4, 0.5) is 0 Å². The van der Waals surface area contributed by atoms with Gasteiger partial charge in [-0.15, -0.1) is 0 Å². The Labute approximate surface area is 120 Å². The molecule has 0 amide bonds. The Kier molecular flexibility index (Phi) is 4.20. The summed E-state index contributed by atoms with van der Waals surface area (Å²) in [4.78, 5) is 0. The van der Waals surface area contributed by atoms with E-state index in [4.69, 9.17) is 15.7 Å². The fourth-order valence-corrected chi connectivity index (χ4v) is 2.43. The Morgan fingerprint density at radius 3 is 2.63 bits per heavy atom. The van der Waals surface area contributed by atoms with Gasteiger partial charge in [0.05, 0.1) is 5.56 Å². The standard InChI is InChI=1S/C15H13BrN2O/c1-10(18)13-7-6-12(8-14(13)16)19-15-5-3-2-4-11(15)9-17/h2-8,10H,18H2,1H3. The highest BCUT2D eigenvalue weighted by atomic mass is 79.9. The summed E-state index contributed by atoms with van der Waals surface area (Å²) in [7, 11) is 0. The van der Waals surface area contributed by atoms with Crippen LogP contribution < -0.4 is 10.5 Å². The molecule has 0 spiro atoms. The van der Waals surface area contributed by atoms with Gasteiger partial charge in [-0.2, -0.15) is 5.26 Å². The quantitative estimate of drug-likeness (QED) is 0.926. The average molecular weight is 317 g/mol. The Morgan fingerprint density at radius 1 is 1.26 bits per heavy atom. The van der Waals surface area contributed by atoms with E-state index >= 15 is 0 Å². The lowest BCUT2D eigenvalue weighted by atomic mass is 10.1. The maximum atomic E-state index is 9.01. The third-order valence-electron chi connectivity index (χ3n) is 2.70. The van der Waals surface area contributed by atoms with Crippen molar-refractivity contribution in [2.45, 2.75) is 13.0 Å². The Morgan fingerprint density at radius 2 is 2.00 bits per heavy atom. The number of para-hydroxylation sites is 1. The molecule has 3 nitrogen and oxygen atoms in total.